The first-order chi connectivity index (χ1) is 10.2. The van der Waals surface area contributed by atoms with E-state index in [2.05, 4.69) is 42.9 Å². The van der Waals surface area contributed by atoms with Crippen molar-refractivity contribution in [1.82, 2.24) is 10.2 Å². The van der Waals surface area contributed by atoms with Gasteiger partial charge in [0, 0.05) is 36.7 Å². The Morgan fingerprint density at radius 2 is 1.82 bits per heavy atom. The van der Waals surface area contributed by atoms with Gasteiger partial charge in [0.15, 0.2) is 5.96 Å². The minimum atomic E-state index is -0.498. The molecule has 0 radical (unpaired) electrons. The second kappa shape index (κ2) is 5.86. The Morgan fingerprint density at radius 1 is 1.23 bits per heavy atom. The third-order valence-corrected chi connectivity index (χ3v) is 5.07. The van der Waals surface area contributed by atoms with Crippen LogP contribution in [0, 0.1) is 17.0 Å². The molecular weight excluding hydrogens is 284 g/mol. The van der Waals surface area contributed by atoms with Crippen molar-refractivity contribution < 1.29 is 8.78 Å². The van der Waals surface area contributed by atoms with Crippen LogP contribution in [0.1, 0.15) is 33.3 Å². The Kier molecular flexibility index (Phi) is 4.45. The summed E-state index contributed by atoms with van der Waals surface area (Å²) >= 11 is 0. The van der Waals surface area contributed by atoms with Gasteiger partial charge in [-0.25, -0.2) is 8.78 Å². The molecule has 1 aromatic rings. The fraction of sp³-hybridized carbons (Fsp3) is 0.588. The lowest BCUT2D eigenvalue weighted by atomic mass is 9.65. The summed E-state index contributed by atoms with van der Waals surface area (Å²) in [4.78, 5) is 6.49. The van der Waals surface area contributed by atoms with Gasteiger partial charge in [0.25, 0.3) is 0 Å². The summed E-state index contributed by atoms with van der Waals surface area (Å²) in [5.41, 5.74) is 0.328. The smallest absolute Gasteiger partial charge is 0.194 e. The molecule has 22 heavy (non-hydrogen) atoms. The van der Waals surface area contributed by atoms with Crippen LogP contribution in [0.15, 0.2) is 23.2 Å². The molecule has 2 rings (SSSR count). The number of hydrogen-bond acceptors (Lipinski definition) is 1. The van der Waals surface area contributed by atoms with Gasteiger partial charge in [-0.1, -0.05) is 19.9 Å². The number of rotatable bonds is 3. The minimum absolute atomic E-state index is 0.00189. The zero-order valence-corrected chi connectivity index (χ0v) is 14.0. The topological polar surface area (TPSA) is 27.6 Å². The molecule has 1 aromatic carbocycles. The Bertz CT molecular complexity index is 559. The SMILES string of the molecule is CN=C(NCCc1c(F)cccc1F)N1CC(C)(C)C1(C)C. The zero-order chi connectivity index (χ0) is 16.5. The molecule has 0 aromatic heterocycles. The maximum atomic E-state index is 13.6. The van der Waals surface area contributed by atoms with Crippen LogP contribution in [0.25, 0.3) is 0 Å². The van der Waals surface area contributed by atoms with E-state index in [-0.39, 0.29) is 22.9 Å². The summed E-state index contributed by atoms with van der Waals surface area (Å²) in [6, 6.07) is 3.95. The first kappa shape index (κ1) is 16.7. The van der Waals surface area contributed by atoms with Crippen molar-refractivity contribution in [2.24, 2.45) is 10.4 Å². The molecule has 0 aliphatic carbocycles. The molecule has 3 nitrogen and oxygen atoms in total. The average Bonchev–Trinajstić information content (AvgIpc) is 2.44. The fourth-order valence-corrected chi connectivity index (χ4v) is 2.77. The molecule has 0 spiro atoms. The summed E-state index contributed by atoms with van der Waals surface area (Å²) in [6.07, 6.45) is 0.287. The normalized spacial score (nSPS) is 19.8. The van der Waals surface area contributed by atoms with E-state index in [1.54, 1.807) is 7.05 Å². The highest BCUT2D eigenvalue weighted by Crippen LogP contribution is 2.46. The van der Waals surface area contributed by atoms with E-state index in [9.17, 15) is 8.78 Å². The predicted octanol–water partition coefficient (Wildman–Crippen LogP) is 3.20. The van der Waals surface area contributed by atoms with Gasteiger partial charge in [0.2, 0.25) is 0 Å². The highest BCUT2D eigenvalue weighted by molar-refractivity contribution is 5.82. The molecule has 5 heteroatoms. The van der Waals surface area contributed by atoms with Crippen molar-refractivity contribution in [3.63, 3.8) is 0 Å². The van der Waals surface area contributed by atoms with Gasteiger partial charge in [-0.2, -0.15) is 0 Å². The van der Waals surface area contributed by atoms with E-state index in [4.69, 9.17) is 0 Å². The van der Waals surface area contributed by atoms with E-state index >= 15 is 0 Å². The lowest BCUT2D eigenvalue weighted by molar-refractivity contribution is -0.0666. The van der Waals surface area contributed by atoms with Gasteiger partial charge >= 0.3 is 0 Å². The standard InChI is InChI=1S/C17H25F2N3/c1-16(2)11-22(17(16,3)4)15(20-5)21-10-9-12-13(18)7-6-8-14(12)19/h6-8H,9-11H2,1-5H3,(H,20,21). The second-order valence-corrected chi connectivity index (χ2v) is 6.95. The van der Waals surface area contributed by atoms with Crippen LogP contribution in [0.4, 0.5) is 8.78 Å². The van der Waals surface area contributed by atoms with Crippen molar-refractivity contribution in [3.05, 3.63) is 35.4 Å². The molecule has 0 amide bonds. The highest BCUT2D eigenvalue weighted by Gasteiger charge is 2.53. The van der Waals surface area contributed by atoms with Gasteiger partial charge in [0.05, 0.1) is 0 Å². The maximum absolute atomic E-state index is 13.6. The molecule has 0 atom stereocenters. The van der Waals surface area contributed by atoms with Crippen molar-refractivity contribution in [3.8, 4) is 0 Å². The van der Waals surface area contributed by atoms with Gasteiger partial charge < -0.3 is 10.2 Å². The van der Waals surface area contributed by atoms with Crippen molar-refractivity contribution >= 4 is 5.96 Å². The van der Waals surface area contributed by atoms with Crippen molar-refractivity contribution in [1.29, 1.82) is 0 Å². The molecular formula is C17H25F2N3. The van der Waals surface area contributed by atoms with E-state index in [0.29, 0.717) is 6.54 Å². The first-order valence-corrected chi connectivity index (χ1v) is 7.62. The van der Waals surface area contributed by atoms with Crippen LogP contribution in [0.3, 0.4) is 0 Å². The highest BCUT2D eigenvalue weighted by atomic mass is 19.1. The number of nitrogens with one attached hydrogen (secondary N) is 1. The lowest BCUT2D eigenvalue weighted by Gasteiger charge is -2.62. The predicted molar refractivity (Wildman–Crippen MR) is 86.0 cm³/mol. The van der Waals surface area contributed by atoms with Crippen LogP contribution in [0.2, 0.25) is 0 Å². The van der Waals surface area contributed by atoms with Crippen LogP contribution in [-0.4, -0.2) is 36.5 Å². The van der Waals surface area contributed by atoms with Gasteiger partial charge in [-0.15, -0.1) is 0 Å². The number of aliphatic imine (C=N–C) groups is 1. The van der Waals surface area contributed by atoms with Crippen molar-refractivity contribution in [2.75, 3.05) is 20.1 Å². The van der Waals surface area contributed by atoms with Crippen LogP contribution < -0.4 is 5.32 Å². The number of halogens is 2. The van der Waals surface area contributed by atoms with Crippen LogP contribution in [-0.2, 0) is 6.42 Å². The maximum Gasteiger partial charge on any atom is 0.194 e. The Balaban J connectivity index is 1.97. The summed E-state index contributed by atoms with van der Waals surface area (Å²) in [5, 5.41) is 3.21. The molecule has 0 bridgehead atoms. The monoisotopic (exact) mass is 309 g/mol. The average molecular weight is 309 g/mol. The number of nitrogens with zero attached hydrogens (tertiary/aromatic N) is 2. The Hall–Kier alpha value is -1.65. The molecule has 0 unspecified atom stereocenters. The molecule has 1 aliphatic heterocycles. The van der Waals surface area contributed by atoms with E-state index in [1.807, 2.05) is 0 Å². The molecule has 1 saturated heterocycles. The summed E-state index contributed by atoms with van der Waals surface area (Å²) < 4.78 is 27.2. The molecule has 1 N–H and O–H groups in total. The molecule has 1 fully saturated rings. The number of benzene rings is 1. The van der Waals surface area contributed by atoms with E-state index in [0.717, 1.165) is 12.5 Å². The first-order valence-electron chi connectivity index (χ1n) is 7.62. The van der Waals surface area contributed by atoms with E-state index in [1.165, 1.54) is 18.2 Å². The Morgan fingerprint density at radius 3 is 2.27 bits per heavy atom. The molecule has 0 saturated carbocycles. The summed E-state index contributed by atoms with van der Waals surface area (Å²) in [6.45, 7) is 10.2. The third-order valence-electron chi connectivity index (χ3n) is 5.07. The second-order valence-electron chi connectivity index (χ2n) is 6.95. The summed E-state index contributed by atoms with van der Waals surface area (Å²) in [5.74, 6) is -0.217. The largest absolute Gasteiger partial charge is 0.356 e. The minimum Gasteiger partial charge on any atom is -0.356 e. The lowest BCUT2D eigenvalue weighted by Crippen LogP contribution is -2.72. The number of guanidine groups is 1. The molecule has 1 heterocycles. The molecule has 1 aliphatic rings. The molecule has 122 valence electrons. The fourth-order valence-electron chi connectivity index (χ4n) is 2.77. The van der Waals surface area contributed by atoms with Crippen LogP contribution in [0.5, 0.6) is 0 Å². The number of hydrogen-bond donors (Lipinski definition) is 1. The van der Waals surface area contributed by atoms with Gasteiger partial charge in [-0.05, 0) is 32.4 Å². The third kappa shape index (κ3) is 2.81. The quantitative estimate of drug-likeness (QED) is 0.686. The van der Waals surface area contributed by atoms with Gasteiger partial charge in [-0.3, -0.25) is 4.99 Å². The van der Waals surface area contributed by atoms with Crippen molar-refractivity contribution in [2.45, 2.75) is 39.7 Å². The van der Waals surface area contributed by atoms with Crippen LogP contribution >= 0.6 is 0 Å². The van der Waals surface area contributed by atoms with E-state index < -0.39 is 11.6 Å². The zero-order valence-electron chi connectivity index (χ0n) is 14.0. The van der Waals surface area contributed by atoms with Gasteiger partial charge in [0.1, 0.15) is 11.6 Å². The summed E-state index contributed by atoms with van der Waals surface area (Å²) in [7, 11) is 1.73. The number of likely N-dealkylation sites (tertiary alicyclic amines) is 1. The Labute approximate surface area is 131 Å².